The SMILES string of the molecule is COC(=O)C1CCC(C=Cc2ccccc2)CC1. The van der Waals surface area contributed by atoms with Gasteiger partial charge in [-0.1, -0.05) is 42.5 Å². The Balaban J connectivity index is 1.84. The molecular formula is C16H20O2. The summed E-state index contributed by atoms with van der Waals surface area (Å²) in [7, 11) is 1.48. The minimum absolute atomic E-state index is 0.0412. The van der Waals surface area contributed by atoms with Crippen LogP contribution in [0.3, 0.4) is 0 Å². The summed E-state index contributed by atoms with van der Waals surface area (Å²) in [6.07, 6.45) is 8.55. The van der Waals surface area contributed by atoms with E-state index in [1.54, 1.807) is 0 Å². The molecule has 2 nitrogen and oxygen atoms in total. The lowest BCUT2D eigenvalue weighted by atomic mass is 9.82. The van der Waals surface area contributed by atoms with Crippen molar-refractivity contribution in [1.82, 2.24) is 0 Å². The summed E-state index contributed by atoms with van der Waals surface area (Å²) in [6, 6.07) is 10.3. The second-order valence-electron chi connectivity index (χ2n) is 4.90. The van der Waals surface area contributed by atoms with E-state index in [1.165, 1.54) is 12.7 Å². The van der Waals surface area contributed by atoms with Crippen molar-refractivity contribution in [3.05, 3.63) is 42.0 Å². The second kappa shape index (κ2) is 6.39. The molecular weight excluding hydrogens is 224 g/mol. The molecule has 0 amide bonds. The Hall–Kier alpha value is -1.57. The van der Waals surface area contributed by atoms with E-state index in [9.17, 15) is 4.79 Å². The molecule has 0 radical (unpaired) electrons. The molecule has 0 spiro atoms. The zero-order valence-electron chi connectivity index (χ0n) is 10.8. The molecule has 0 N–H and O–H groups in total. The largest absolute Gasteiger partial charge is 0.469 e. The van der Waals surface area contributed by atoms with Crippen LogP contribution in [0.1, 0.15) is 31.2 Å². The van der Waals surface area contributed by atoms with Crippen LogP contribution in [0.4, 0.5) is 0 Å². The van der Waals surface area contributed by atoms with E-state index >= 15 is 0 Å². The van der Waals surface area contributed by atoms with Gasteiger partial charge in [0.1, 0.15) is 0 Å². The average Bonchev–Trinajstić information content (AvgIpc) is 2.46. The molecule has 0 aliphatic heterocycles. The highest BCUT2D eigenvalue weighted by Crippen LogP contribution is 2.30. The van der Waals surface area contributed by atoms with Gasteiger partial charge in [-0.3, -0.25) is 4.79 Å². The molecule has 2 heteroatoms. The van der Waals surface area contributed by atoms with Crippen LogP contribution in [0.15, 0.2) is 36.4 Å². The van der Waals surface area contributed by atoms with Crippen molar-refractivity contribution >= 4 is 12.0 Å². The Morgan fingerprint density at radius 2 is 1.83 bits per heavy atom. The van der Waals surface area contributed by atoms with Crippen LogP contribution < -0.4 is 0 Å². The van der Waals surface area contributed by atoms with E-state index in [0.29, 0.717) is 5.92 Å². The molecule has 1 aromatic rings. The predicted octanol–water partition coefficient (Wildman–Crippen LogP) is 3.68. The third kappa shape index (κ3) is 3.46. The molecule has 0 heterocycles. The molecule has 2 rings (SSSR count). The standard InChI is InChI=1S/C16H20O2/c1-18-16(17)15-11-9-14(10-12-15)8-7-13-5-3-2-4-6-13/h2-8,14-15H,9-12H2,1H3. The first-order valence-corrected chi connectivity index (χ1v) is 6.60. The van der Waals surface area contributed by atoms with E-state index in [2.05, 4.69) is 24.3 Å². The van der Waals surface area contributed by atoms with Gasteiger partial charge in [-0.15, -0.1) is 0 Å². The highest BCUT2D eigenvalue weighted by molar-refractivity contribution is 5.72. The molecule has 1 fully saturated rings. The predicted molar refractivity (Wildman–Crippen MR) is 72.9 cm³/mol. The van der Waals surface area contributed by atoms with Crippen LogP contribution in [-0.4, -0.2) is 13.1 Å². The van der Waals surface area contributed by atoms with Gasteiger partial charge in [0.2, 0.25) is 0 Å². The molecule has 96 valence electrons. The number of hydrogen-bond acceptors (Lipinski definition) is 2. The number of carbonyl (C=O) groups excluding carboxylic acids is 1. The van der Waals surface area contributed by atoms with E-state index < -0.39 is 0 Å². The third-order valence-corrected chi connectivity index (χ3v) is 3.67. The van der Waals surface area contributed by atoms with Crippen LogP contribution in [0, 0.1) is 11.8 Å². The first-order valence-electron chi connectivity index (χ1n) is 6.60. The van der Waals surface area contributed by atoms with Crippen molar-refractivity contribution in [1.29, 1.82) is 0 Å². The Labute approximate surface area is 109 Å². The topological polar surface area (TPSA) is 26.3 Å². The number of benzene rings is 1. The van der Waals surface area contributed by atoms with E-state index in [1.807, 2.05) is 18.2 Å². The van der Waals surface area contributed by atoms with Crippen LogP contribution in [0.2, 0.25) is 0 Å². The molecule has 1 aliphatic carbocycles. The number of rotatable bonds is 3. The van der Waals surface area contributed by atoms with Gasteiger partial charge in [0.25, 0.3) is 0 Å². The normalized spacial score (nSPS) is 24.1. The second-order valence-corrected chi connectivity index (χ2v) is 4.90. The Morgan fingerprint density at radius 3 is 2.44 bits per heavy atom. The van der Waals surface area contributed by atoms with Crippen molar-refractivity contribution in [3.63, 3.8) is 0 Å². The van der Waals surface area contributed by atoms with Crippen LogP contribution in [0.25, 0.3) is 6.08 Å². The van der Waals surface area contributed by atoms with Crippen LogP contribution >= 0.6 is 0 Å². The average molecular weight is 244 g/mol. The highest BCUT2D eigenvalue weighted by atomic mass is 16.5. The summed E-state index contributed by atoms with van der Waals surface area (Å²) in [4.78, 5) is 11.4. The maximum absolute atomic E-state index is 11.4. The number of hydrogen-bond donors (Lipinski definition) is 0. The lowest BCUT2D eigenvalue weighted by Crippen LogP contribution is -2.22. The zero-order chi connectivity index (χ0) is 12.8. The van der Waals surface area contributed by atoms with E-state index in [0.717, 1.165) is 25.7 Å². The van der Waals surface area contributed by atoms with Gasteiger partial charge < -0.3 is 4.74 Å². The molecule has 1 aromatic carbocycles. The van der Waals surface area contributed by atoms with Crippen molar-refractivity contribution in [3.8, 4) is 0 Å². The Kier molecular flexibility index (Phi) is 4.57. The van der Waals surface area contributed by atoms with Gasteiger partial charge in [-0.25, -0.2) is 0 Å². The van der Waals surface area contributed by atoms with Crippen LogP contribution in [-0.2, 0) is 9.53 Å². The fraction of sp³-hybridized carbons (Fsp3) is 0.438. The van der Waals surface area contributed by atoms with Gasteiger partial charge in [0.05, 0.1) is 13.0 Å². The van der Waals surface area contributed by atoms with Gasteiger partial charge >= 0.3 is 5.97 Å². The number of ether oxygens (including phenoxy) is 1. The highest BCUT2D eigenvalue weighted by Gasteiger charge is 2.25. The van der Waals surface area contributed by atoms with Crippen LogP contribution in [0.5, 0.6) is 0 Å². The van der Waals surface area contributed by atoms with E-state index in [-0.39, 0.29) is 11.9 Å². The first kappa shape index (κ1) is 12.9. The number of methoxy groups -OCH3 is 1. The molecule has 0 unspecified atom stereocenters. The maximum Gasteiger partial charge on any atom is 0.308 e. The first-order chi connectivity index (χ1) is 8.79. The smallest absolute Gasteiger partial charge is 0.308 e. The number of allylic oxidation sites excluding steroid dienone is 1. The monoisotopic (exact) mass is 244 g/mol. The van der Waals surface area contributed by atoms with Gasteiger partial charge in [-0.2, -0.15) is 0 Å². The van der Waals surface area contributed by atoms with Gasteiger partial charge in [0, 0.05) is 0 Å². The molecule has 0 saturated heterocycles. The number of esters is 1. The summed E-state index contributed by atoms with van der Waals surface area (Å²) in [6.45, 7) is 0. The molecule has 0 atom stereocenters. The van der Waals surface area contributed by atoms with Gasteiger partial charge in [-0.05, 0) is 37.2 Å². The summed E-state index contributed by atoms with van der Waals surface area (Å²) in [5, 5.41) is 0. The quantitative estimate of drug-likeness (QED) is 0.758. The van der Waals surface area contributed by atoms with Crippen molar-refractivity contribution in [2.75, 3.05) is 7.11 Å². The maximum atomic E-state index is 11.4. The third-order valence-electron chi connectivity index (χ3n) is 3.67. The van der Waals surface area contributed by atoms with E-state index in [4.69, 9.17) is 4.74 Å². The Morgan fingerprint density at radius 1 is 1.17 bits per heavy atom. The molecule has 0 aromatic heterocycles. The number of carbonyl (C=O) groups is 1. The molecule has 1 aliphatic rings. The minimum atomic E-state index is -0.0412. The fourth-order valence-corrected chi connectivity index (χ4v) is 2.53. The minimum Gasteiger partial charge on any atom is -0.469 e. The summed E-state index contributed by atoms with van der Waals surface area (Å²) in [5.41, 5.74) is 1.24. The lowest BCUT2D eigenvalue weighted by molar-refractivity contribution is -0.146. The summed E-state index contributed by atoms with van der Waals surface area (Å²) >= 11 is 0. The molecule has 18 heavy (non-hydrogen) atoms. The fourth-order valence-electron chi connectivity index (χ4n) is 2.53. The van der Waals surface area contributed by atoms with Crippen molar-refractivity contribution < 1.29 is 9.53 Å². The van der Waals surface area contributed by atoms with Crippen molar-refractivity contribution in [2.24, 2.45) is 11.8 Å². The molecule has 1 saturated carbocycles. The lowest BCUT2D eigenvalue weighted by Gasteiger charge is -2.24. The Bertz CT molecular complexity index is 400. The summed E-state index contributed by atoms with van der Waals surface area (Å²) in [5.74, 6) is 0.683. The zero-order valence-corrected chi connectivity index (χ0v) is 10.8. The van der Waals surface area contributed by atoms with Gasteiger partial charge in [0.15, 0.2) is 0 Å². The molecule has 0 bridgehead atoms. The van der Waals surface area contributed by atoms with Crippen molar-refractivity contribution in [2.45, 2.75) is 25.7 Å². The summed E-state index contributed by atoms with van der Waals surface area (Å²) < 4.78 is 4.80.